The van der Waals surface area contributed by atoms with Crippen LogP contribution in [0.25, 0.3) is 22.2 Å². The molecule has 41 heavy (non-hydrogen) atoms. The number of aromatic amines is 1. The van der Waals surface area contributed by atoms with Crippen LogP contribution in [0.15, 0.2) is 72.8 Å². The van der Waals surface area contributed by atoms with Crippen molar-refractivity contribution in [2.45, 2.75) is 68.8 Å². The highest BCUT2D eigenvalue weighted by molar-refractivity contribution is 6.01. The molecule has 4 fully saturated rings. The first-order valence-corrected chi connectivity index (χ1v) is 15.2. The maximum atomic E-state index is 13.4. The van der Waals surface area contributed by atoms with Crippen LogP contribution in [0.1, 0.15) is 60.5 Å². The Morgan fingerprint density at radius 3 is 2.37 bits per heavy atom. The minimum Gasteiger partial charge on any atom is -0.490 e. The van der Waals surface area contributed by atoms with Gasteiger partial charge >= 0.3 is 0 Å². The maximum Gasteiger partial charge on any atom is 0.251 e. The molecule has 3 aromatic carbocycles. The molecule has 7 nitrogen and oxygen atoms in total. The van der Waals surface area contributed by atoms with E-state index < -0.39 is 0 Å². The van der Waals surface area contributed by atoms with Gasteiger partial charge in [0.15, 0.2) is 0 Å². The Labute approximate surface area is 240 Å². The number of carbonyl (C=O) groups excluding carboxylic acids is 1. The summed E-state index contributed by atoms with van der Waals surface area (Å²) in [5, 5.41) is 12.0. The lowest BCUT2D eigenvalue weighted by Gasteiger charge is -2.46. The van der Waals surface area contributed by atoms with E-state index in [9.17, 15) is 4.79 Å². The van der Waals surface area contributed by atoms with Gasteiger partial charge in [-0.15, -0.1) is 0 Å². The molecule has 3 aliphatic heterocycles. The van der Waals surface area contributed by atoms with Gasteiger partial charge in [0.1, 0.15) is 11.9 Å². The number of aromatic nitrogens is 2. The molecule has 4 aromatic rings. The zero-order chi connectivity index (χ0) is 27.3. The Morgan fingerprint density at radius 2 is 1.68 bits per heavy atom. The molecule has 1 aromatic heterocycles. The van der Waals surface area contributed by atoms with Gasteiger partial charge in [-0.05, 0) is 92.5 Å². The smallest absolute Gasteiger partial charge is 0.251 e. The van der Waals surface area contributed by atoms with Gasteiger partial charge in [-0.3, -0.25) is 14.8 Å². The Balaban J connectivity index is 0.970. The van der Waals surface area contributed by atoms with Crippen molar-refractivity contribution in [1.82, 2.24) is 20.4 Å². The van der Waals surface area contributed by atoms with Crippen molar-refractivity contribution in [3.8, 4) is 17.0 Å². The van der Waals surface area contributed by atoms with Crippen molar-refractivity contribution in [2.75, 3.05) is 13.2 Å². The van der Waals surface area contributed by atoms with Gasteiger partial charge in [-0.25, -0.2) is 0 Å². The molecule has 3 atom stereocenters. The van der Waals surface area contributed by atoms with Crippen LogP contribution in [-0.2, 0) is 4.74 Å². The summed E-state index contributed by atoms with van der Waals surface area (Å²) < 4.78 is 11.9. The van der Waals surface area contributed by atoms with Gasteiger partial charge in [0.2, 0.25) is 0 Å². The van der Waals surface area contributed by atoms with Crippen LogP contribution in [0.4, 0.5) is 0 Å². The maximum absolute atomic E-state index is 13.4. The molecule has 0 spiro atoms. The van der Waals surface area contributed by atoms with E-state index in [4.69, 9.17) is 9.47 Å². The van der Waals surface area contributed by atoms with Crippen molar-refractivity contribution in [1.29, 1.82) is 0 Å². The molecule has 1 saturated carbocycles. The van der Waals surface area contributed by atoms with E-state index in [0.717, 1.165) is 66.8 Å². The fraction of sp³-hybridized carbons (Fsp3) is 0.412. The zero-order valence-electron chi connectivity index (χ0n) is 23.2. The number of hydrogen-bond donors (Lipinski definition) is 2. The number of ether oxygens (including phenoxy) is 2. The summed E-state index contributed by atoms with van der Waals surface area (Å²) >= 11 is 0. The quantitative estimate of drug-likeness (QED) is 0.287. The summed E-state index contributed by atoms with van der Waals surface area (Å²) in [7, 11) is 0. The molecule has 210 valence electrons. The highest BCUT2D eigenvalue weighted by Gasteiger charge is 2.46. The molecule has 2 unspecified atom stereocenters. The van der Waals surface area contributed by atoms with Gasteiger partial charge in [0.05, 0.1) is 36.5 Å². The third kappa shape index (κ3) is 4.81. The average Bonchev–Trinajstić information content (AvgIpc) is 3.68. The summed E-state index contributed by atoms with van der Waals surface area (Å²) in [5.41, 5.74) is 4.58. The topological polar surface area (TPSA) is 79.5 Å². The number of fused-ring (bicyclic) bond motifs is 3. The monoisotopic (exact) mass is 548 g/mol. The van der Waals surface area contributed by atoms with E-state index in [0.29, 0.717) is 29.6 Å². The minimum absolute atomic E-state index is 0.0467. The molecule has 1 aliphatic carbocycles. The van der Waals surface area contributed by atoms with Gasteiger partial charge in [-0.1, -0.05) is 30.3 Å². The first kappa shape index (κ1) is 25.1. The molecule has 1 amide bonds. The standard InChI is InChI=1S/C34H36N4O3/c39-34(35-32(22-6-7-22)21-4-2-1-3-5-21)24-10-15-31-30(16-24)33(37-36-31)23-8-13-28(14-9-23)41-29-17-25-11-12-26(18-29)38(25)27-19-40-20-27/h1-5,8-10,13-16,22,25-27,29,32H,6-7,11-12,17-20H2,(H,35,39)(H,36,37)/t25?,26?,29?,32-/m1/s1. The Bertz CT molecular complexity index is 1530. The SMILES string of the molecule is O=C(N[C@H](c1ccccc1)C1CC1)c1ccc2[nH]nc(-c3ccc(OC4CC5CCC(C4)N5C4COC4)cc3)c2c1. The number of nitrogens with one attached hydrogen (secondary N) is 2. The Kier molecular flexibility index (Phi) is 6.30. The van der Waals surface area contributed by atoms with Crippen LogP contribution in [0.2, 0.25) is 0 Å². The number of carbonyl (C=O) groups is 1. The number of hydrogen-bond acceptors (Lipinski definition) is 5. The first-order chi connectivity index (χ1) is 20.2. The summed E-state index contributed by atoms with van der Waals surface area (Å²) in [6, 6.07) is 26.3. The third-order valence-corrected chi connectivity index (χ3v) is 9.58. The van der Waals surface area contributed by atoms with Gasteiger partial charge < -0.3 is 14.8 Å². The summed E-state index contributed by atoms with van der Waals surface area (Å²) in [6.45, 7) is 1.78. The van der Waals surface area contributed by atoms with Crippen LogP contribution >= 0.6 is 0 Å². The summed E-state index contributed by atoms with van der Waals surface area (Å²) in [6.07, 6.45) is 7.31. The zero-order valence-corrected chi connectivity index (χ0v) is 23.2. The number of benzene rings is 3. The molecular weight excluding hydrogens is 512 g/mol. The van der Waals surface area contributed by atoms with Crippen molar-refractivity contribution >= 4 is 16.8 Å². The Morgan fingerprint density at radius 1 is 0.927 bits per heavy atom. The lowest BCUT2D eigenvalue weighted by Crippen LogP contribution is -2.57. The largest absolute Gasteiger partial charge is 0.490 e. The number of rotatable bonds is 8. The van der Waals surface area contributed by atoms with E-state index >= 15 is 0 Å². The molecule has 4 heterocycles. The second-order valence-corrected chi connectivity index (χ2v) is 12.3. The molecule has 8 rings (SSSR count). The molecule has 0 radical (unpaired) electrons. The summed E-state index contributed by atoms with van der Waals surface area (Å²) in [5.74, 6) is 1.37. The van der Waals surface area contributed by atoms with Crippen LogP contribution in [0.5, 0.6) is 5.75 Å². The molecular formula is C34H36N4O3. The third-order valence-electron chi connectivity index (χ3n) is 9.58. The number of piperidine rings is 1. The predicted molar refractivity (Wildman–Crippen MR) is 158 cm³/mol. The van der Waals surface area contributed by atoms with Crippen molar-refractivity contribution in [3.63, 3.8) is 0 Å². The van der Waals surface area contributed by atoms with Crippen LogP contribution in [-0.4, -0.2) is 58.4 Å². The van der Waals surface area contributed by atoms with Gasteiger partial charge in [0, 0.05) is 28.6 Å². The van der Waals surface area contributed by atoms with E-state index in [1.54, 1.807) is 0 Å². The molecule has 2 bridgehead atoms. The minimum atomic E-state index is -0.0478. The Hall–Kier alpha value is -3.68. The molecule has 2 N–H and O–H groups in total. The van der Waals surface area contributed by atoms with E-state index in [1.165, 1.54) is 18.4 Å². The lowest BCUT2D eigenvalue weighted by atomic mass is 9.96. The fourth-order valence-corrected chi connectivity index (χ4v) is 7.30. The average molecular weight is 549 g/mol. The van der Waals surface area contributed by atoms with Crippen molar-refractivity contribution in [3.05, 3.63) is 83.9 Å². The van der Waals surface area contributed by atoms with E-state index in [2.05, 4.69) is 56.8 Å². The molecule has 7 heteroatoms. The van der Waals surface area contributed by atoms with Crippen molar-refractivity contribution in [2.24, 2.45) is 5.92 Å². The number of nitrogens with zero attached hydrogens (tertiary/aromatic N) is 2. The first-order valence-electron chi connectivity index (χ1n) is 15.2. The fourth-order valence-electron chi connectivity index (χ4n) is 7.30. The predicted octanol–water partition coefficient (Wildman–Crippen LogP) is 5.88. The molecule has 3 saturated heterocycles. The lowest BCUT2D eigenvalue weighted by molar-refractivity contribution is -0.102. The van der Waals surface area contributed by atoms with Gasteiger partial charge in [0.25, 0.3) is 5.91 Å². The highest BCUT2D eigenvalue weighted by atomic mass is 16.5. The molecule has 4 aliphatic rings. The highest BCUT2D eigenvalue weighted by Crippen LogP contribution is 2.42. The van der Waals surface area contributed by atoms with E-state index in [-0.39, 0.29) is 18.1 Å². The van der Waals surface area contributed by atoms with Crippen LogP contribution in [0.3, 0.4) is 0 Å². The second-order valence-electron chi connectivity index (χ2n) is 12.3. The second kappa shape index (κ2) is 10.3. The normalized spacial score (nSPS) is 25.1. The van der Waals surface area contributed by atoms with Crippen LogP contribution in [0, 0.1) is 5.92 Å². The van der Waals surface area contributed by atoms with Crippen molar-refractivity contribution < 1.29 is 14.3 Å². The summed E-state index contributed by atoms with van der Waals surface area (Å²) in [4.78, 5) is 16.1. The number of H-pyrrole nitrogens is 1. The van der Waals surface area contributed by atoms with E-state index in [1.807, 2.05) is 36.4 Å². The number of amides is 1. The van der Waals surface area contributed by atoms with Gasteiger partial charge in [-0.2, -0.15) is 5.10 Å². The van der Waals surface area contributed by atoms with Crippen LogP contribution < -0.4 is 10.1 Å².